The molecule has 12 heavy (non-hydrogen) atoms. The van der Waals surface area contributed by atoms with Crippen LogP contribution in [0.25, 0.3) is 0 Å². The van der Waals surface area contributed by atoms with Gasteiger partial charge in [-0.2, -0.15) is 11.8 Å². The monoisotopic (exact) mass is 207 g/mol. The molecule has 0 heterocycles. The van der Waals surface area contributed by atoms with Gasteiger partial charge in [-0.1, -0.05) is 0 Å². The Labute approximate surface area is 81.4 Å². The van der Waals surface area contributed by atoms with Crippen molar-refractivity contribution in [3.8, 4) is 0 Å². The van der Waals surface area contributed by atoms with Gasteiger partial charge >= 0.3 is 0 Å². The van der Waals surface area contributed by atoms with Crippen LogP contribution in [0, 0.1) is 0 Å². The fourth-order valence-corrected chi connectivity index (χ4v) is 3.10. The normalized spacial score (nSPS) is 12.0. The summed E-state index contributed by atoms with van der Waals surface area (Å²) in [6.07, 6.45) is 1.28. The highest BCUT2D eigenvalue weighted by atomic mass is 32.2. The van der Waals surface area contributed by atoms with Crippen LogP contribution in [-0.4, -0.2) is 33.5 Å². The van der Waals surface area contributed by atoms with E-state index in [-0.39, 0.29) is 0 Å². The zero-order valence-corrected chi connectivity index (χ0v) is 10.2. The first-order valence-electron chi connectivity index (χ1n) is 4.45. The molecule has 0 aromatic carbocycles. The van der Waals surface area contributed by atoms with Crippen LogP contribution in [0.1, 0.15) is 6.42 Å². The second-order valence-electron chi connectivity index (χ2n) is 3.47. The minimum Gasteiger partial charge on any atom is -0.420 e. The Morgan fingerprint density at radius 3 is 2.50 bits per heavy atom. The van der Waals surface area contributed by atoms with E-state index in [1.165, 1.54) is 18.2 Å². The Hall–Kier alpha value is 0.487. The van der Waals surface area contributed by atoms with Crippen molar-refractivity contribution in [3.63, 3.8) is 0 Å². The summed E-state index contributed by atoms with van der Waals surface area (Å²) in [5, 5.41) is 0. The summed E-state index contributed by atoms with van der Waals surface area (Å²) in [6, 6.07) is 1.26. The zero-order valence-electron chi connectivity index (χ0n) is 8.43. The quantitative estimate of drug-likeness (QED) is 0.512. The predicted molar refractivity (Wildman–Crippen MR) is 60.3 cm³/mol. The molecule has 0 amide bonds. The molecule has 0 aromatic heterocycles. The molecule has 74 valence electrons. The van der Waals surface area contributed by atoms with Gasteiger partial charge < -0.3 is 10.2 Å². The minimum atomic E-state index is -1.28. The van der Waals surface area contributed by atoms with Crippen LogP contribution in [0.15, 0.2) is 0 Å². The van der Waals surface area contributed by atoms with E-state index >= 15 is 0 Å². The largest absolute Gasteiger partial charge is 0.420 e. The molecule has 0 fully saturated rings. The van der Waals surface area contributed by atoms with Crippen molar-refractivity contribution < 1.29 is 4.43 Å². The average molecular weight is 207 g/mol. The highest BCUT2D eigenvalue weighted by molar-refractivity contribution is 7.99. The molecule has 0 atom stereocenters. The zero-order chi connectivity index (χ0) is 9.45. The Morgan fingerprint density at radius 1 is 1.33 bits per heavy atom. The SMILES string of the molecule is CO[Si](C)(C)CCCSCCN. The van der Waals surface area contributed by atoms with Crippen molar-refractivity contribution in [1.29, 1.82) is 0 Å². The second kappa shape index (κ2) is 6.94. The summed E-state index contributed by atoms with van der Waals surface area (Å²) in [5.74, 6) is 2.33. The number of nitrogens with two attached hydrogens (primary N) is 1. The van der Waals surface area contributed by atoms with Crippen LogP contribution in [0.4, 0.5) is 0 Å². The van der Waals surface area contributed by atoms with E-state index in [1.54, 1.807) is 0 Å². The van der Waals surface area contributed by atoms with Crippen LogP contribution in [0.5, 0.6) is 0 Å². The van der Waals surface area contributed by atoms with Crippen molar-refractivity contribution in [2.45, 2.75) is 25.6 Å². The molecule has 0 bridgehead atoms. The van der Waals surface area contributed by atoms with Gasteiger partial charge in [0.1, 0.15) is 0 Å². The van der Waals surface area contributed by atoms with Gasteiger partial charge in [0.15, 0.2) is 8.32 Å². The molecular weight excluding hydrogens is 186 g/mol. The van der Waals surface area contributed by atoms with Crippen molar-refractivity contribution in [1.82, 2.24) is 0 Å². The van der Waals surface area contributed by atoms with Gasteiger partial charge in [0.2, 0.25) is 0 Å². The van der Waals surface area contributed by atoms with E-state index in [0.717, 1.165) is 12.3 Å². The first-order valence-corrected chi connectivity index (χ1v) is 8.72. The predicted octanol–water partition coefficient (Wildman–Crippen LogP) is 1.92. The van der Waals surface area contributed by atoms with E-state index in [4.69, 9.17) is 10.2 Å². The minimum absolute atomic E-state index is 0.801. The number of rotatable bonds is 7. The molecule has 0 spiro atoms. The van der Waals surface area contributed by atoms with Gasteiger partial charge in [-0.25, -0.2) is 0 Å². The van der Waals surface area contributed by atoms with Crippen molar-refractivity contribution in [2.24, 2.45) is 5.73 Å². The summed E-state index contributed by atoms with van der Waals surface area (Å²) in [5.41, 5.74) is 5.39. The van der Waals surface area contributed by atoms with Gasteiger partial charge in [-0.05, 0) is 31.3 Å². The third-order valence-corrected chi connectivity index (χ3v) is 5.65. The average Bonchev–Trinajstić information content (AvgIpc) is 2.04. The maximum atomic E-state index is 5.45. The molecular formula is C8H21NOSSi. The van der Waals surface area contributed by atoms with E-state index in [2.05, 4.69) is 13.1 Å². The number of thioether (sulfide) groups is 1. The standard InChI is InChI=1S/C8H21NOSSi/c1-10-12(2,3)8-4-6-11-7-5-9/h4-9H2,1-3H3. The molecule has 0 saturated carbocycles. The van der Waals surface area contributed by atoms with Crippen LogP contribution in [0.3, 0.4) is 0 Å². The molecule has 4 heteroatoms. The lowest BCUT2D eigenvalue weighted by molar-refractivity contribution is 0.403. The maximum Gasteiger partial charge on any atom is 0.186 e. The Morgan fingerprint density at radius 2 is 2.00 bits per heavy atom. The smallest absolute Gasteiger partial charge is 0.186 e. The van der Waals surface area contributed by atoms with Crippen LogP contribution < -0.4 is 5.73 Å². The summed E-state index contributed by atoms with van der Waals surface area (Å²) in [4.78, 5) is 0. The lowest BCUT2D eigenvalue weighted by atomic mass is 10.6. The lowest BCUT2D eigenvalue weighted by Gasteiger charge is -2.19. The summed E-state index contributed by atoms with van der Waals surface area (Å²) >= 11 is 1.95. The first kappa shape index (κ1) is 12.5. The van der Waals surface area contributed by atoms with E-state index in [9.17, 15) is 0 Å². The molecule has 0 aliphatic rings. The highest BCUT2D eigenvalue weighted by Crippen LogP contribution is 2.14. The fourth-order valence-electron chi connectivity index (χ4n) is 0.887. The topological polar surface area (TPSA) is 35.2 Å². The number of hydrogen-bond donors (Lipinski definition) is 1. The lowest BCUT2D eigenvalue weighted by Crippen LogP contribution is -2.28. The van der Waals surface area contributed by atoms with E-state index < -0.39 is 8.32 Å². The van der Waals surface area contributed by atoms with Crippen LogP contribution in [-0.2, 0) is 4.43 Å². The molecule has 0 aliphatic carbocycles. The van der Waals surface area contributed by atoms with Gasteiger partial charge in [0.05, 0.1) is 0 Å². The maximum absolute atomic E-state index is 5.45. The van der Waals surface area contributed by atoms with Gasteiger partial charge in [0.25, 0.3) is 0 Å². The summed E-state index contributed by atoms with van der Waals surface area (Å²) < 4.78 is 5.45. The Kier molecular flexibility index (Phi) is 7.23. The molecule has 2 N–H and O–H groups in total. The van der Waals surface area contributed by atoms with Crippen molar-refractivity contribution >= 4 is 20.1 Å². The molecule has 0 unspecified atom stereocenters. The highest BCUT2D eigenvalue weighted by Gasteiger charge is 2.19. The molecule has 0 radical (unpaired) electrons. The number of hydrogen-bond acceptors (Lipinski definition) is 3. The molecule has 0 aliphatic heterocycles. The Balaban J connectivity index is 3.19. The van der Waals surface area contributed by atoms with Gasteiger partial charge in [0, 0.05) is 19.4 Å². The third-order valence-electron chi connectivity index (χ3n) is 1.88. The van der Waals surface area contributed by atoms with Crippen molar-refractivity contribution in [2.75, 3.05) is 25.2 Å². The van der Waals surface area contributed by atoms with Crippen LogP contribution in [0.2, 0.25) is 19.1 Å². The molecule has 2 nitrogen and oxygen atoms in total. The van der Waals surface area contributed by atoms with Gasteiger partial charge in [-0.15, -0.1) is 0 Å². The van der Waals surface area contributed by atoms with E-state index in [0.29, 0.717) is 0 Å². The second-order valence-corrected chi connectivity index (χ2v) is 9.12. The fraction of sp³-hybridized carbons (Fsp3) is 1.00. The molecule has 0 rings (SSSR count). The van der Waals surface area contributed by atoms with Gasteiger partial charge in [-0.3, -0.25) is 0 Å². The molecule has 0 saturated heterocycles. The third kappa shape index (κ3) is 7.15. The molecule has 0 aromatic rings. The first-order chi connectivity index (χ1) is 5.62. The van der Waals surface area contributed by atoms with Crippen LogP contribution >= 0.6 is 11.8 Å². The Bertz CT molecular complexity index is 111. The summed E-state index contributed by atoms with van der Waals surface area (Å²) in [7, 11) is 0.551. The summed E-state index contributed by atoms with van der Waals surface area (Å²) in [6.45, 7) is 5.33. The van der Waals surface area contributed by atoms with Crippen molar-refractivity contribution in [3.05, 3.63) is 0 Å². The van der Waals surface area contributed by atoms with E-state index in [1.807, 2.05) is 18.9 Å².